The van der Waals surface area contributed by atoms with Gasteiger partial charge in [-0.05, 0) is 63.9 Å². The van der Waals surface area contributed by atoms with Crippen LogP contribution in [-0.2, 0) is 14.9 Å². The minimum Gasteiger partial charge on any atom is -0.378 e. The van der Waals surface area contributed by atoms with Gasteiger partial charge < -0.3 is 24.8 Å². The molecule has 0 atom stereocenters. The maximum absolute atomic E-state index is 13.0. The van der Waals surface area contributed by atoms with Gasteiger partial charge in [-0.1, -0.05) is 0 Å². The molecule has 1 fully saturated rings. The first-order valence-electron chi connectivity index (χ1n) is 11.2. The number of aromatic nitrogens is 3. The van der Waals surface area contributed by atoms with Crippen LogP contribution < -0.4 is 15.1 Å². The number of carbonyl (C=O) groups is 1. The summed E-state index contributed by atoms with van der Waals surface area (Å²) in [4.78, 5) is 30.0. The third kappa shape index (κ3) is 3.21. The van der Waals surface area contributed by atoms with E-state index in [0.29, 0.717) is 25.7 Å². The molecule has 168 valence electrons. The third-order valence-corrected chi connectivity index (χ3v) is 6.51. The van der Waals surface area contributed by atoms with E-state index in [4.69, 9.17) is 14.7 Å². The molecule has 2 aromatic heterocycles. The number of ether oxygens (including phenoxy) is 1. The van der Waals surface area contributed by atoms with Gasteiger partial charge in [0.25, 0.3) is 0 Å². The number of amides is 1. The van der Waals surface area contributed by atoms with E-state index in [9.17, 15) is 4.79 Å². The Labute approximate surface area is 188 Å². The van der Waals surface area contributed by atoms with Gasteiger partial charge in [-0.15, -0.1) is 0 Å². The van der Waals surface area contributed by atoms with E-state index >= 15 is 0 Å². The van der Waals surface area contributed by atoms with Gasteiger partial charge in [0.2, 0.25) is 11.9 Å². The first-order chi connectivity index (χ1) is 15.3. The SMILES string of the molecule is CCN1C(=O)C(C)(C)c2cc(Nc3nc(N4CCOCC4)nc4[nH]c(C)cc34)cc(C)c21. The molecule has 2 aliphatic rings. The number of nitrogens with zero attached hydrogens (tertiary/aromatic N) is 4. The Morgan fingerprint density at radius 2 is 1.91 bits per heavy atom. The predicted octanol–water partition coefficient (Wildman–Crippen LogP) is 3.80. The quantitative estimate of drug-likeness (QED) is 0.650. The summed E-state index contributed by atoms with van der Waals surface area (Å²) in [6, 6.07) is 6.25. The number of fused-ring (bicyclic) bond motifs is 2. The summed E-state index contributed by atoms with van der Waals surface area (Å²) >= 11 is 0. The molecule has 8 heteroatoms. The van der Waals surface area contributed by atoms with Crippen LogP contribution in [0, 0.1) is 13.8 Å². The van der Waals surface area contributed by atoms with Crippen LogP contribution in [-0.4, -0.2) is 53.7 Å². The molecule has 0 saturated carbocycles. The Balaban J connectivity index is 1.59. The molecule has 1 aromatic carbocycles. The molecule has 0 aliphatic carbocycles. The number of anilines is 4. The van der Waals surface area contributed by atoms with Gasteiger partial charge in [-0.25, -0.2) is 0 Å². The number of morpholine rings is 1. The summed E-state index contributed by atoms with van der Waals surface area (Å²) in [5, 5.41) is 4.48. The largest absolute Gasteiger partial charge is 0.378 e. The van der Waals surface area contributed by atoms with Crippen LogP contribution in [0.3, 0.4) is 0 Å². The van der Waals surface area contributed by atoms with E-state index in [2.05, 4.69) is 40.3 Å². The van der Waals surface area contributed by atoms with Crippen LogP contribution in [0.5, 0.6) is 0 Å². The number of aromatic amines is 1. The maximum atomic E-state index is 13.0. The smallest absolute Gasteiger partial charge is 0.237 e. The molecule has 2 N–H and O–H groups in total. The van der Waals surface area contributed by atoms with Crippen LogP contribution in [0.4, 0.5) is 23.1 Å². The van der Waals surface area contributed by atoms with Gasteiger partial charge in [-0.2, -0.15) is 9.97 Å². The van der Waals surface area contributed by atoms with Crippen molar-refractivity contribution in [1.29, 1.82) is 0 Å². The fourth-order valence-electron chi connectivity index (χ4n) is 4.81. The summed E-state index contributed by atoms with van der Waals surface area (Å²) < 4.78 is 5.49. The lowest BCUT2D eigenvalue weighted by atomic mass is 9.85. The second-order valence-corrected chi connectivity index (χ2v) is 9.17. The zero-order chi connectivity index (χ0) is 22.6. The Morgan fingerprint density at radius 3 is 2.62 bits per heavy atom. The Morgan fingerprint density at radius 1 is 1.16 bits per heavy atom. The highest BCUT2D eigenvalue weighted by atomic mass is 16.5. The zero-order valence-corrected chi connectivity index (χ0v) is 19.4. The number of likely N-dealkylation sites (N-methyl/N-ethyl adjacent to an activating group) is 1. The van der Waals surface area contributed by atoms with Gasteiger partial charge >= 0.3 is 0 Å². The number of hydrogen-bond donors (Lipinski definition) is 2. The number of rotatable bonds is 4. The molecular weight excluding hydrogens is 404 g/mol. The number of aryl methyl sites for hydroxylation is 2. The summed E-state index contributed by atoms with van der Waals surface area (Å²) in [5.41, 5.74) is 5.38. The van der Waals surface area contributed by atoms with Crippen LogP contribution >= 0.6 is 0 Å². The molecule has 3 aromatic rings. The molecule has 0 radical (unpaired) electrons. The fraction of sp³-hybridized carbons (Fsp3) is 0.458. The lowest BCUT2D eigenvalue weighted by Crippen LogP contribution is -2.37. The van der Waals surface area contributed by atoms with E-state index in [0.717, 1.165) is 58.1 Å². The molecule has 2 aliphatic heterocycles. The molecular formula is C24H30N6O2. The Kier molecular flexibility index (Phi) is 4.85. The normalized spacial score (nSPS) is 17.8. The average Bonchev–Trinajstić information content (AvgIpc) is 3.24. The number of carbonyl (C=O) groups excluding carboxylic acids is 1. The summed E-state index contributed by atoms with van der Waals surface area (Å²) in [7, 11) is 0. The predicted molar refractivity (Wildman–Crippen MR) is 127 cm³/mol. The second kappa shape index (κ2) is 7.48. The van der Waals surface area contributed by atoms with Crippen LogP contribution in [0.25, 0.3) is 11.0 Å². The van der Waals surface area contributed by atoms with E-state index < -0.39 is 5.41 Å². The standard InChI is InChI=1S/C24H30N6O2/c1-6-30-19-14(2)11-16(13-18(19)24(4,5)22(30)31)26-21-17-12-15(3)25-20(17)27-23(28-21)29-7-9-32-10-8-29/h11-13H,6-10H2,1-5H3,(H2,25,26,27,28). The molecule has 1 saturated heterocycles. The number of benzene rings is 1. The van der Waals surface area contributed by atoms with Crippen LogP contribution in [0.15, 0.2) is 18.2 Å². The van der Waals surface area contributed by atoms with E-state index in [1.54, 1.807) is 0 Å². The molecule has 0 bridgehead atoms. The van der Waals surface area contributed by atoms with Crippen molar-refractivity contribution < 1.29 is 9.53 Å². The maximum Gasteiger partial charge on any atom is 0.237 e. The van der Waals surface area contributed by atoms with E-state index in [-0.39, 0.29) is 5.91 Å². The number of hydrogen-bond acceptors (Lipinski definition) is 6. The highest BCUT2D eigenvalue weighted by molar-refractivity contribution is 6.08. The first kappa shape index (κ1) is 20.8. The van der Waals surface area contributed by atoms with Crippen molar-refractivity contribution in [2.75, 3.05) is 48.0 Å². The van der Waals surface area contributed by atoms with Crippen molar-refractivity contribution >= 4 is 40.1 Å². The van der Waals surface area contributed by atoms with Gasteiger partial charge in [0.1, 0.15) is 11.5 Å². The lowest BCUT2D eigenvalue weighted by Gasteiger charge is -2.27. The molecule has 0 unspecified atom stereocenters. The van der Waals surface area contributed by atoms with Crippen molar-refractivity contribution in [3.05, 3.63) is 35.0 Å². The monoisotopic (exact) mass is 434 g/mol. The van der Waals surface area contributed by atoms with Gasteiger partial charge in [0, 0.05) is 31.0 Å². The highest BCUT2D eigenvalue weighted by Crippen LogP contribution is 2.45. The van der Waals surface area contributed by atoms with Gasteiger partial charge in [0.15, 0.2) is 0 Å². The molecule has 4 heterocycles. The van der Waals surface area contributed by atoms with Crippen molar-refractivity contribution in [3.8, 4) is 0 Å². The first-order valence-corrected chi connectivity index (χ1v) is 11.2. The van der Waals surface area contributed by atoms with Crippen molar-refractivity contribution in [1.82, 2.24) is 15.0 Å². The minimum absolute atomic E-state index is 0.149. The van der Waals surface area contributed by atoms with Gasteiger partial charge in [0.05, 0.1) is 29.7 Å². The summed E-state index contributed by atoms with van der Waals surface area (Å²) in [5.74, 6) is 1.60. The average molecular weight is 435 g/mol. The van der Waals surface area contributed by atoms with Crippen LogP contribution in [0.2, 0.25) is 0 Å². The molecule has 32 heavy (non-hydrogen) atoms. The van der Waals surface area contributed by atoms with Crippen molar-refractivity contribution in [2.45, 2.75) is 40.0 Å². The van der Waals surface area contributed by atoms with Gasteiger partial charge in [-0.3, -0.25) is 4.79 Å². The molecule has 5 rings (SSSR count). The van der Waals surface area contributed by atoms with Crippen molar-refractivity contribution in [2.24, 2.45) is 0 Å². The van der Waals surface area contributed by atoms with E-state index in [1.807, 2.05) is 32.6 Å². The summed E-state index contributed by atoms with van der Waals surface area (Å²) in [6.45, 7) is 13.7. The molecule has 0 spiro atoms. The second-order valence-electron chi connectivity index (χ2n) is 9.17. The molecule has 8 nitrogen and oxygen atoms in total. The Bertz CT molecular complexity index is 1210. The highest BCUT2D eigenvalue weighted by Gasteiger charge is 2.44. The molecule has 1 amide bonds. The zero-order valence-electron chi connectivity index (χ0n) is 19.4. The van der Waals surface area contributed by atoms with Crippen molar-refractivity contribution in [3.63, 3.8) is 0 Å². The van der Waals surface area contributed by atoms with E-state index in [1.165, 1.54) is 0 Å². The minimum atomic E-state index is -0.557. The topological polar surface area (TPSA) is 86.4 Å². The fourth-order valence-corrected chi connectivity index (χ4v) is 4.81. The number of H-pyrrole nitrogens is 1. The number of nitrogens with one attached hydrogen (secondary N) is 2. The Hall–Kier alpha value is -3.13. The van der Waals surface area contributed by atoms with Crippen LogP contribution in [0.1, 0.15) is 37.6 Å². The summed E-state index contributed by atoms with van der Waals surface area (Å²) in [6.07, 6.45) is 0. The lowest BCUT2D eigenvalue weighted by molar-refractivity contribution is -0.122. The third-order valence-electron chi connectivity index (χ3n) is 6.51.